The van der Waals surface area contributed by atoms with Gasteiger partial charge in [0.15, 0.2) is 24.6 Å². The smallest absolute Gasteiger partial charge is 0.338 e. The molecule has 0 saturated carbocycles. The molecule has 9 heteroatoms. The van der Waals surface area contributed by atoms with Crippen LogP contribution in [-0.4, -0.2) is 61.8 Å². The third-order valence-electron chi connectivity index (χ3n) is 12.1. The Morgan fingerprint density at radius 1 is 0.433 bits per heavy atom. The molecule has 1 fully saturated rings. The second kappa shape index (κ2) is 25.5. The Morgan fingerprint density at radius 3 is 1.18 bits per heavy atom. The van der Waals surface area contributed by atoms with Crippen molar-refractivity contribution in [1.82, 2.24) is 0 Å². The van der Waals surface area contributed by atoms with E-state index in [4.69, 9.17) is 28.4 Å². The standard InChI is InChI=1S/C58H62O9/c1-2-3-4-5-6-7-8-9-10-29-42-62-57-53(67-56(61)46-34-21-13-22-35-46)52(66-55(60)45-32-19-12-20-33-45)51(65-54(59)44-30-17-11-18-31-44)50(64-57)43-63-58(47-36-23-14-24-37-47,48-38-25-15-26-39-48)49-40-27-16-28-41-49/h11-28,30-41,50-53,57H,2-10,29,42-43H2,1H3/t50-,51-,52+,53-,57+/m1/s1. The second-order valence-electron chi connectivity index (χ2n) is 16.9. The fourth-order valence-electron chi connectivity index (χ4n) is 8.61. The number of carbonyl (C=O) groups is 3. The van der Waals surface area contributed by atoms with Crippen LogP contribution in [0.15, 0.2) is 182 Å². The van der Waals surface area contributed by atoms with Crippen molar-refractivity contribution in [2.45, 2.75) is 107 Å². The van der Waals surface area contributed by atoms with Crippen LogP contribution in [0.2, 0.25) is 0 Å². The van der Waals surface area contributed by atoms with Gasteiger partial charge in [0.05, 0.1) is 23.3 Å². The molecule has 0 bridgehead atoms. The zero-order valence-electron chi connectivity index (χ0n) is 38.4. The molecular formula is C58H62O9. The number of ether oxygens (including phenoxy) is 6. The van der Waals surface area contributed by atoms with E-state index in [2.05, 4.69) is 6.92 Å². The first-order valence-electron chi connectivity index (χ1n) is 23.8. The number of hydrogen-bond acceptors (Lipinski definition) is 9. The first-order valence-corrected chi connectivity index (χ1v) is 23.8. The summed E-state index contributed by atoms with van der Waals surface area (Å²) in [5.74, 6) is -2.10. The number of rotatable bonds is 24. The van der Waals surface area contributed by atoms with Gasteiger partial charge >= 0.3 is 17.9 Å². The summed E-state index contributed by atoms with van der Waals surface area (Å²) in [6.07, 6.45) is 4.79. The molecule has 1 aliphatic heterocycles. The predicted molar refractivity (Wildman–Crippen MR) is 259 cm³/mol. The van der Waals surface area contributed by atoms with Crippen LogP contribution in [0.1, 0.15) is 119 Å². The van der Waals surface area contributed by atoms with E-state index >= 15 is 0 Å². The van der Waals surface area contributed by atoms with Crippen molar-refractivity contribution in [3.8, 4) is 0 Å². The molecule has 0 aromatic heterocycles. The molecule has 6 aromatic rings. The van der Waals surface area contributed by atoms with Gasteiger partial charge in [0.1, 0.15) is 11.7 Å². The highest BCUT2D eigenvalue weighted by Crippen LogP contribution is 2.42. The molecule has 9 nitrogen and oxygen atoms in total. The first kappa shape index (κ1) is 48.5. The number of esters is 3. The van der Waals surface area contributed by atoms with Gasteiger partial charge in [-0.3, -0.25) is 0 Å². The molecular weight excluding hydrogens is 841 g/mol. The quantitative estimate of drug-likeness (QED) is 0.0254. The van der Waals surface area contributed by atoms with Gasteiger partial charge in [0, 0.05) is 6.61 Å². The molecule has 67 heavy (non-hydrogen) atoms. The highest BCUT2D eigenvalue weighted by molar-refractivity contribution is 5.91. The maximum absolute atomic E-state index is 14.2. The minimum Gasteiger partial charge on any atom is -0.452 e. The highest BCUT2D eigenvalue weighted by Gasteiger charge is 2.54. The number of unbranched alkanes of at least 4 members (excludes halogenated alkanes) is 9. The van der Waals surface area contributed by atoms with Crippen molar-refractivity contribution in [2.75, 3.05) is 13.2 Å². The van der Waals surface area contributed by atoms with Crippen LogP contribution < -0.4 is 0 Å². The Labute approximate surface area is 395 Å². The zero-order valence-corrected chi connectivity index (χ0v) is 38.4. The first-order chi connectivity index (χ1) is 33.0. The van der Waals surface area contributed by atoms with Crippen LogP contribution in [0, 0.1) is 0 Å². The van der Waals surface area contributed by atoms with Crippen LogP contribution in [0.5, 0.6) is 0 Å². The lowest BCUT2D eigenvalue weighted by atomic mass is 9.80. The third-order valence-corrected chi connectivity index (χ3v) is 12.1. The minimum atomic E-state index is -1.42. The summed E-state index contributed by atoms with van der Waals surface area (Å²) >= 11 is 0. The summed E-state index contributed by atoms with van der Waals surface area (Å²) in [5.41, 5.74) is 2.12. The van der Waals surface area contributed by atoms with Crippen LogP contribution in [0.4, 0.5) is 0 Å². The van der Waals surface area contributed by atoms with Crippen molar-refractivity contribution < 1.29 is 42.8 Å². The molecule has 0 radical (unpaired) electrons. The molecule has 1 saturated heterocycles. The fraction of sp³-hybridized carbons (Fsp3) is 0.328. The Balaban J connectivity index is 1.27. The van der Waals surface area contributed by atoms with Gasteiger partial charge in [0.25, 0.3) is 0 Å². The molecule has 0 spiro atoms. The lowest BCUT2D eigenvalue weighted by Crippen LogP contribution is -2.63. The molecule has 0 unspecified atom stereocenters. The summed E-state index contributed by atoms with van der Waals surface area (Å²) in [4.78, 5) is 42.6. The monoisotopic (exact) mass is 902 g/mol. The normalized spacial score (nSPS) is 18.1. The van der Waals surface area contributed by atoms with E-state index < -0.39 is 54.2 Å². The average molecular weight is 903 g/mol. The van der Waals surface area contributed by atoms with Crippen molar-refractivity contribution in [1.29, 1.82) is 0 Å². The van der Waals surface area contributed by atoms with Crippen LogP contribution >= 0.6 is 0 Å². The van der Waals surface area contributed by atoms with E-state index in [0.29, 0.717) is 0 Å². The van der Waals surface area contributed by atoms with Gasteiger partial charge in [-0.05, 0) is 59.5 Å². The highest BCUT2D eigenvalue weighted by atomic mass is 16.7. The topological polar surface area (TPSA) is 107 Å². The molecule has 1 heterocycles. The lowest BCUT2D eigenvalue weighted by Gasteiger charge is -2.45. The van der Waals surface area contributed by atoms with Crippen LogP contribution in [0.3, 0.4) is 0 Å². The summed E-state index contributed by atoms with van der Waals surface area (Å²) in [6.45, 7) is 2.31. The van der Waals surface area contributed by atoms with Crippen LogP contribution in [0.25, 0.3) is 0 Å². The van der Waals surface area contributed by atoms with Gasteiger partial charge in [-0.2, -0.15) is 0 Å². The Hall–Kier alpha value is -6.39. The maximum Gasteiger partial charge on any atom is 0.338 e. The van der Waals surface area contributed by atoms with E-state index in [1.165, 1.54) is 38.5 Å². The van der Waals surface area contributed by atoms with Gasteiger partial charge < -0.3 is 28.4 Å². The number of carbonyl (C=O) groups excluding carboxylic acids is 3. The maximum atomic E-state index is 14.2. The summed E-state index contributed by atoms with van der Waals surface area (Å²) in [6, 6.07) is 55.3. The molecule has 0 aliphatic carbocycles. The van der Waals surface area contributed by atoms with Crippen molar-refractivity contribution in [3.05, 3.63) is 215 Å². The van der Waals surface area contributed by atoms with E-state index in [0.717, 1.165) is 42.4 Å². The van der Waals surface area contributed by atoms with Crippen molar-refractivity contribution >= 4 is 17.9 Å². The SMILES string of the molecule is CCCCCCCCCCCCO[C@H]1O[C@H](COC(c2ccccc2)(c2ccccc2)c2ccccc2)[C@@H](OC(=O)c2ccccc2)[C@H](OC(=O)c2ccccc2)[C@H]1OC(=O)c1ccccc1. The zero-order chi connectivity index (χ0) is 46.5. The van der Waals surface area contributed by atoms with E-state index in [9.17, 15) is 14.4 Å². The Morgan fingerprint density at radius 2 is 0.776 bits per heavy atom. The second-order valence-corrected chi connectivity index (χ2v) is 16.9. The van der Waals surface area contributed by atoms with Gasteiger partial charge in [0.2, 0.25) is 0 Å². The average Bonchev–Trinajstić information content (AvgIpc) is 3.39. The molecule has 0 amide bonds. The fourth-order valence-corrected chi connectivity index (χ4v) is 8.61. The molecule has 7 rings (SSSR count). The summed E-state index contributed by atoms with van der Waals surface area (Å²) in [5, 5.41) is 0. The summed E-state index contributed by atoms with van der Waals surface area (Å²) in [7, 11) is 0. The third kappa shape index (κ3) is 13.2. The Bertz CT molecular complexity index is 2270. The van der Waals surface area contributed by atoms with Crippen LogP contribution in [-0.2, 0) is 34.0 Å². The van der Waals surface area contributed by atoms with Gasteiger partial charge in [-0.15, -0.1) is 0 Å². The molecule has 6 aromatic carbocycles. The van der Waals surface area contributed by atoms with E-state index in [1.807, 2.05) is 91.0 Å². The van der Waals surface area contributed by atoms with E-state index in [-0.39, 0.29) is 29.9 Å². The van der Waals surface area contributed by atoms with E-state index in [1.54, 1.807) is 91.0 Å². The molecule has 5 atom stereocenters. The van der Waals surface area contributed by atoms with Gasteiger partial charge in [-0.1, -0.05) is 210 Å². The molecule has 348 valence electrons. The minimum absolute atomic E-state index is 0.192. The number of hydrogen-bond donors (Lipinski definition) is 0. The molecule has 0 N–H and O–H groups in total. The number of benzene rings is 6. The van der Waals surface area contributed by atoms with Gasteiger partial charge in [-0.25, -0.2) is 14.4 Å². The molecule has 1 aliphatic rings. The Kier molecular flexibility index (Phi) is 18.5. The van der Waals surface area contributed by atoms with Crippen molar-refractivity contribution in [3.63, 3.8) is 0 Å². The summed E-state index contributed by atoms with van der Waals surface area (Å²) < 4.78 is 40.0. The largest absolute Gasteiger partial charge is 0.452 e. The predicted octanol–water partition coefficient (Wildman–Crippen LogP) is 12.3. The lowest BCUT2D eigenvalue weighted by molar-refractivity contribution is -0.303. The van der Waals surface area contributed by atoms with Crippen molar-refractivity contribution in [2.24, 2.45) is 0 Å².